The van der Waals surface area contributed by atoms with Gasteiger partial charge >= 0.3 is 5.97 Å². The highest BCUT2D eigenvalue weighted by molar-refractivity contribution is 5.90. The van der Waals surface area contributed by atoms with Crippen molar-refractivity contribution in [2.24, 2.45) is 5.92 Å². The van der Waals surface area contributed by atoms with Crippen molar-refractivity contribution < 1.29 is 23.8 Å². The van der Waals surface area contributed by atoms with E-state index < -0.39 is 12.1 Å². The van der Waals surface area contributed by atoms with E-state index in [0.717, 1.165) is 24.8 Å². The summed E-state index contributed by atoms with van der Waals surface area (Å²) in [5.74, 6) is 0.822. The van der Waals surface area contributed by atoms with Gasteiger partial charge in [-0.05, 0) is 49.5 Å². The molecule has 0 unspecified atom stereocenters. The van der Waals surface area contributed by atoms with Gasteiger partial charge in [0.1, 0.15) is 0 Å². The Morgan fingerprint density at radius 1 is 1.15 bits per heavy atom. The Balaban J connectivity index is 1.88. The lowest BCUT2D eigenvalue weighted by molar-refractivity contribution is -0.150. The maximum absolute atomic E-state index is 12.3. The van der Waals surface area contributed by atoms with Crippen LogP contribution in [-0.4, -0.2) is 38.2 Å². The van der Waals surface area contributed by atoms with Crippen LogP contribution in [0, 0.1) is 5.92 Å². The van der Waals surface area contributed by atoms with E-state index >= 15 is 0 Å². The lowest BCUT2D eigenvalue weighted by Crippen LogP contribution is -2.45. The molecule has 1 aliphatic rings. The molecule has 3 atom stereocenters. The lowest BCUT2D eigenvalue weighted by atomic mass is 9.86. The SMILES string of the molecule is COc1ccc(/C=C/C(=O)O[C@H](C)C(=O)N[C@H]2CCCC[C@@H]2C)cc1OC. The van der Waals surface area contributed by atoms with Crippen molar-refractivity contribution in [3.05, 3.63) is 29.8 Å². The van der Waals surface area contributed by atoms with E-state index in [4.69, 9.17) is 14.2 Å². The molecule has 1 aromatic rings. The maximum atomic E-state index is 12.3. The number of hydrogen-bond donors (Lipinski definition) is 1. The van der Waals surface area contributed by atoms with Crippen molar-refractivity contribution >= 4 is 18.0 Å². The van der Waals surface area contributed by atoms with Crippen LogP contribution in [0.15, 0.2) is 24.3 Å². The number of ether oxygens (including phenoxy) is 3. The molecule has 0 heterocycles. The van der Waals surface area contributed by atoms with E-state index in [1.54, 1.807) is 45.4 Å². The molecule has 1 saturated carbocycles. The third kappa shape index (κ3) is 6.01. The average molecular weight is 375 g/mol. The fourth-order valence-electron chi connectivity index (χ4n) is 3.22. The summed E-state index contributed by atoms with van der Waals surface area (Å²) in [7, 11) is 3.11. The Morgan fingerprint density at radius 3 is 2.52 bits per heavy atom. The minimum atomic E-state index is -0.832. The Kier molecular flexibility index (Phi) is 7.70. The molecule has 1 aliphatic carbocycles. The summed E-state index contributed by atoms with van der Waals surface area (Å²) < 4.78 is 15.6. The number of nitrogens with one attached hydrogen (secondary N) is 1. The van der Waals surface area contributed by atoms with Crippen molar-refractivity contribution in [2.75, 3.05) is 14.2 Å². The highest BCUT2D eigenvalue weighted by Gasteiger charge is 2.25. The zero-order valence-electron chi connectivity index (χ0n) is 16.5. The van der Waals surface area contributed by atoms with Crippen LogP contribution < -0.4 is 14.8 Å². The van der Waals surface area contributed by atoms with Crippen LogP contribution in [0.1, 0.15) is 45.1 Å². The van der Waals surface area contributed by atoms with Crippen LogP contribution in [0.2, 0.25) is 0 Å². The van der Waals surface area contributed by atoms with Gasteiger partial charge in [-0.25, -0.2) is 4.79 Å². The molecule has 0 radical (unpaired) electrons. The molecule has 1 N–H and O–H groups in total. The van der Waals surface area contributed by atoms with Crippen LogP contribution in [0.25, 0.3) is 6.08 Å². The molecule has 1 aromatic carbocycles. The van der Waals surface area contributed by atoms with Crippen molar-refractivity contribution in [3.8, 4) is 11.5 Å². The van der Waals surface area contributed by atoms with Crippen LogP contribution in [0.5, 0.6) is 11.5 Å². The van der Waals surface area contributed by atoms with Gasteiger partial charge in [0, 0.05) is 12.1 Å². The minimum Gasteiger partial charge on any atom is -0.493 e. The number of esters is 1. The van der Waals surface area contributed by atoms with Crippen LogP contribution in [0.4, 0.5) is 0 Å². The van der Waals surface area contributed by atoms with E-state index in [2.05, 4.69) is 12.2 Å². The number of carbonyl (C=O) groups is 2. The molecule has 1 amide bonds. The molecule has 2 rings (SSSR count). The standard InChI is InChI=1S/C21H29NO5/c1-14-7-5-6-8-17(14)22-21(24)15(2)27-20(23)12-10-16-9-11-18(25-3)19(13-16)26-4/h9-15,17H,5-8H2,1-4H3,(H,22,24)/b12-10+/t14-,15+,17-/m0/s1. The number of hydrogen-bond acceptors (Lipinski definition) is 5. The van der Waals surface area contributed by atoms with Gasteiger partial charge < -0.3 is 19.5 Å². The van der Waals surface area contributed by atoms with E-state index in [0.29, 0.717) is 17.4 Å². The summed E-state index contributed by atoms with van der Waals surface area (Å²) in [6.45, 7) is 3.73. The van der Waals surface area contributed by atoms with Gasteiger partial charge in [0.15, 0.2) is 17.6 Å². The number of amides is 1. The quantitative estimate of drug-likeness (QED) is 0.584. The molecular weight excluding hydrogens is 346 g/mol. The molecule has 0 aliphatic heterocycles. The summed E-state index contributed by atoms with van der Waals surface area (Å²) in [5.41, 5.74) is 0.762. The first kappa shape index (κ1) is 20.8. The number of rotatable bonds is 7. The minimum absolute atomic E-state index is 0.162. The molecule has 0 saturated heterocycles. The average Bonchev–Trinajstić information content (AvgIpc) is 2.67. The fourth-order valence-corrected chi connectivity index (χ4v) is 3.22. The number of methoxy groups -OCH3 is 2. The van der Waals surface area contributed by atoms with E-state index in [1.807, 2.05) is 0 Å². The highest BCUT2D eigenvalue weighted by Crippen LogP contribution is 2.28. The molecule has 6 nitrogen and oxygen atoms in total. The summed E-state index contributed by atoms with van der Waals surface area (Å²) >= 11 is 0. The predicted octanol–water partition coefficient (Wildman–Crippen LogP) is 3.34. The largest absolute Gasteiger partial charge is 0.493 e. The van der Waals surface area contributed by atoms with Gasteiger partial charge in [0.05, 0.1) is 14.2 Å². The van der Waals surface area contributed by atoms with Crippen molar-refractivity contribution in [1.29, 1.82) is 0 Å². The Bertz CT molecular complexity index is 685. The normalized spacial score (nSPS) is 20.7. The first-order valence-electron chi connectivity index (χ1n) is 9.35. The second-order valence-electron chi connectivity index (χ2n) is 6.90. The van der Waals surface area contributed by atoms with Crippen LogP contribution >= 0.6 is 0 Å². The molecular formula is C21H29NO5. The Labute approximate surface area is 160 Å². The molecule has 0 bridgehead atoms. The zero-order valence-corrected chi connectivity index (χ0v) is 16.5. The van der Waals surface area contributed by atoms with Gasteiger partial charge in [-0.2, -0.15) is 0 Å². The summed E-state index contributed by atoms with van der Waals surface area (Å²) in [6.07, 6.45) is 6.50. The Morgan fingerprint density at radius 2 is 1.85 bits per heavy atom. The number of carbonyl (C=O) groups excluding carboxylic acids is 2. The van der Waals surface area contributed by atoms with E-state index in [9.17, 15) is 9.59 Å². The topological polar surface area (TPSA) is 73.9 Å². The monoisotopic (exact) mass is 375 g/mol. The van der Waals surface area contributed by atoms with E-state index in [-0.39, 0.29) is 11.9 Å². The maximum Gasteiger partial charge on any atom is 0.331 e. The first-order chi connectivity index (χ1) is 12.9. The first-order valence-corrected chi connectivity index (χ1v) is 9.35. The number of benzene rings is 1. The van der Waals surface area contributed by atoms with Gasteiger partial charge in [-0.15, -0.1) is 0 Å². The summed E-state index contributed by atoms with van der Waals surface area (Å²) in [6, 6.07) is 5.47. The van der Waals surface area contributed by atoms with Crippen LogP contribution in [-0.2, 0) is 14.3 Å². The molecule has 148 valence electrons. The van der Waals surface area contributed by atoms with Crippen LogP contribution in [0.3, 0.4) is 0 Å². The third-order valence-corrected chi connectivity index (χ3v) is 4.92. The van der Waals surface area contributed by atoms with Gasteiger partial charge in [0.25, 0.3) is 5.91 Å². The molecule has 1 fully saturated rings. The zero-order chi connectivity index (χ0) is 19.8. The summed E-state index contributed by atoms with van der Waals surface area (Å²) in [5, 5.41) is 3.00. The van der Waals surface area contributed by atoms with Crippen molar-refractivity contribution in [2.45, 2.75) is 51.7 Å². The molecule has 27 heavy (non-hydrogen) atoms. The highest BCUT2D eigenvalue weighted by atomic mass is 16.5. The second kappa shape index (κ2) is 10.00. The van der Waals surface area contributed by atoms with Gasteiger partial charge in [-0.1, -0.05) is 25.8 Å². The summed E-state index contributed by atoms with van der Waals surface area (Å²) in [4.78, 5) is 24.3. The van der Waals surface area contributed by atoms with E-state index in [1.165, 1.54) is 12.5 Å². The third-order valence-electron chi connectivity index (χ3n) is 4.92. The van der Waals surface area contributed by atoms with Gasteiger partial charge in [0.2, 0.25) is 0 Å². The second-order valence-corrected chi connectivity index (χ2v) is 6.90. The van der Waals surface area contributed by atoms with Crippen molar-refractivity contribution in [3.63, 3.8) is 0 Å². The van der Waals surface area contributed by atoms with Crippen molar-refractivity contribution in [1.82, 2.24) is 5.32 Å². The predicted molar refractivity (Wildman–Crippen MR) is 104 cm³/mol. The lowest BCUT2D eigenvalue weighted by Gasteiger charge is -2.30. The smallest absolute Gasteiger partial charge is 0.331 e. The van der Waals surface area contributed by atoms with Gasteiger partial charge in [-0.3, -0.25) is 4.79 Å². The molecule has 0 aromatic heterocycles. The molecule has 0 spiro atoms. The fraction of sp³-hybridized carbons (Fsp3) is 0.524. The molecule has 6 heteroatoms. The Hall–Kier alpha value is -2.50.